The average Bonchev–Trinajstić information content (AvgIpc) is 2.96. The average molecular weight is 297 g/mol. The van der Waals surface area contributed by atoms with Gasteiger partial charge in [0.15, 0.2) is 0 Å². The smallest absolute Gasteiger partial charge is 0.253 e. The molecule has 0 atom stereocenters. The van der Waals surface area contributed by atoms with Gasteiger partial charge in [-0.3, -0.25) is 9.48 Å². The number of rotatable bonds is 3. The number of carbonyl (C=O) groups excluding carboxylic acids is 1. The van der Waals surface area contributed by atoms with Crippen molar-refractivity contribution in [1.82, 2.24) is 14.7 Å². The van der Waals surface area contributed by atoms with Gasteiger partial charge in [0.2, 0.25) is 0 Å². The van der Waals surface area contributed by atoms with Crippen molar-refractivity contribution in [3.63, 3.8) is 0 Å². The van der Waals surface area contributed by atoms with Gasteiger partial charge in [0.05, 0.1) is 6.20 Å². The Morgan fingerprint density at radius 3 is 2.68 bits per heavy atom. The standard InChI is InChI=1S/C18H23N3O/c1-3-21-14(2)17(13-19-21)15-8-7-9-16(12-15)18(22)20-10-5-4-6-11-20/h7-9,12-13H,3-6,10-11H2,1-2H3. The molecule has 0 radical (unpaired) electrons. The summed E-state index contributed by atoms with van der Waals surface area (Å²) >= 11 is 0. The van der Waals surface area contributed by atoms with Crippen molar-refractivity contribution < 1.29 is 4.79 Å². The van der Waals surface area contributed by atoms with Gasteiger partial charge in [-0.05, 0) is 50.8 Å². The Morgan fingerprint density at radius 2 is 2.00 bits per heavy atom. The van der Waals surface area contributed by atoms with Crippen LogP contribution >= 0.6 is 0 Å². The summed E-state index contributed by atoms with van der Waals surface area (Å²) in [5.41, 5.74) is 4.10. The van der Waals surface area contributed by atoms with Crippen molar-refractivity contribution in [1.29, 1.82) is 0 Å². The molecule has 0 saturated carbocycles. The summed E-state index contributed by atoms with van der Waals surface area (Å²) in [6.07, 6.45) is 5.37. The first-order valence-corrected chi connectivity index (χ1v) is 8.13. The van der Waals surface area contributed by atoms with E-state index in [0.717, 1.165) is 54.9 Å². The van der Waals surface area contributed by atoms with Crippen molar-refractivity contribution >= 4 is 5.91 Å². The first kappa shape index (κ1) is 14.8. The van der Waals surface area contributed by atoms with Gasteiger partial charge in [-0.1, -0.05) is 12.1 Å². The predicted molar refractivity (Wildman–Crippen MR) is 87.8 cm³/mol. The summed E-state index contributed by atoms with van der Waals surface area (Å²) in [7, 11) is 0. The van der Waals surface area contributed by atoms with E-state index in [0.29, 0.717) is 0 Å². The van der Waals surface area contributed by atoms with Crippen molar-refractivity contribution in [2.75, 3.05) is 13.1 Å². The van der Waals surface area contributed by atoms with Crippen LogP contribution in [0.1, 0.15) is 42.2 Å². The van der Waals surface area contributed by atoms with E-state index in [4.69, 9.17) is 0 Å². The van der Waals surface area contributed by atoms with Gasteiger partial charge in [-0.25, -0.2) is 0 Å². The molecule has 1 aliphatic heterocycles. The molecule has 1 saturated heterocycles. The van der Waals surface area contributed by atoms with E-state index in [9.17, 15) is 4.79 Å². The molecule has 4 heteroatoms. The molecule has 1 aromatic carbocycles. The van der Waals surface area contributed by atoms with E-state index in [1.807, 2.05) is 34.0 Å². The molecule has 0 spiro atoms. The number of hydrogen-bond donors (Lipinski definition) is 0. The number of nitrogens with zero attached hydrogens (tertiary/aromatic N) is 3. The molecule has 1 aliphatic rings. The zero-order chi connectivity index (χ0) is 15.5. The van der Waals surface area contributed by atoms with Gasteiger partial charge in [0, 0.05) is 36.5 Å². The molecule has 0 bridgehead atoms. The van der Waals surface area contributed by atoms with Crippen molar-refractivity contribution in [3.8, 4) is 11.1 Å². The first-order chi connectivity index (χ1) is 10.7. The highest BCUT2D eigenvalue weighted by atomic mass is 16.2. The molecule has 2 aromatic rings. The predicted octanol–water partition coefficient (Wildman–Crippen LogP) is 3.50. The van der Waals surface area contributed by atoms with E-state index in [1.54, 1.807) is 0 Å². The van der Waals surface area contributed by atoms with Crippen LogP contribution in [0.2, 0.25) is 0 Å². The van der Waals surface area contributed by atoms with Crippen molar-refractivity contribution in [2.24, 2.45) is 0 Å². The number of benzene rings is 1. The number of hydrogen-bond acceptors (Lipinski definition) is 2. The fourth-order valence-electron chi connectivity index (χ4n) is 3.15. The molecule has 116 valence electrons. The Balaban J connectivity index is 1.88. The lowest BCUT2D eigenvalue weighted by Crippen LogP contribution is -2.35. The Labute approximate surface area is 131 Å². The van der Waals surface area contributed by atoms with Gasteiger partial charge in [0.1, 0.15) is 0 Å². The maximum atomic E-state index is 12.6. The van der Waals surface area contributed by atoms with E-state index in [-0.39, 0.29) is 5.91 Å². The third kappa shape index (κ3) is 2.78. The lowest BCUT2D eigenvalue weighted by atomic mass is 10.0. The lowest BCUT2D eigenvalue weighted by Gasteiger charge is -2.26. The Bertz CT molecular complexity index is 669. The maximum Gasteiger partial charge on any atom is 0.253 e. The van der Waals surface area contributed by atoms with Crippen LogP contribution < -0.4 is 0 Å². The quantitative estimate of drug-likeness (QED) is 0.869. The zero-order valence-corrected chi connectivity index (χ0v) is 13.4. The normalized spacial score (nSPS) is 15.1. The van der Waals surface area contributed by atoms with Crippen LogP contribution in [-0.2, 0) is 6.54 Å². The molecule has 0 aliphatic carbocycles. The summed E-state index contributed by atoms with van der Waals surface area (Å²) in [4.78, 5) is 14.6. The molecule has 1 aromatic heterocycles. The highest BCUT2D eigenvalue weighted by Crippen LogP contribution is 2.25. The number of carbonyl (C=O) groups is 1. The maximum absolute atomic E-state index is 12.6. The van der Waals surface area contributed by atoms with Gasteiger partial charge in [-0.15, -0.1) is 0 Å². The topological polar surface area (TPSA) is 38.1 Å². The molecular formula is C18H23N3O. The minimum atomic E-state index is 0.155. The van der Waals surface area contributed by atoms with Gasteiger partial charge >= 0.3 is 0 Å². The third-order valence-electron chi connectivity index (χ3n) is 4.47. The lowest BCUT2D eigenvalue weighted by molar-refractivity contribution is 0.0724. The molecule has 1 fully saturated rings. The van der Waals surface area contributed by atoms with Crippen molar-refractivity contribution in [2.45, 2.75) is 39.7 Å². The van der Waals surface area contributed by atoms with E-state index in [1.165, 1.54) is 6.42 Å². The molecule has 1 amide bonds. The van der Waals surface area contributed by atoms with Crippen LogP contribution in [0.15, 0.2) is 30.5 Å². The molecular weight excluding hydrogens is 274 g/mol. The molecule has 0 unspecified atom stereocenters. The fourth-order valence-corrected chi connectivity index (χ4v) is 3.15. The van der Waals surface area contributed by atoms with Crippen LogP contribution in [0.3, 0.4) is 0 Å². The van der Waals surface area contributed by atoms with Crippen LogP contribution in [0, 0.1) is 6.92 Å². The number of amides is 1. The van der Waals surface area contributed by atoms with Crippen LogP contribution in [-0.4, -0.2) is 33.7 Å². The summed E-state index contributed by atoms with van der Waals surface area (Å²) in [6.45, 7) is 6.79. The summed E-state index contributed by atoms with van der Waals surface area (Å²) in [6, 6.07) is 7.94. The molecule has 4 nitrogen and oxygen atoms in total. The Kier molecular flexibility index (Phi) is 4.27. The van der Waals surface area contributed by atoms with Gasteiger partial charge < -0.3 is 4.90 Å². The number of piperidine rings is 1. The monoisotopic (exact) mass is 297 g/mol. The Morgan fingerprint density at radius 1 is 1.23 bits per heavy atom. The second-order valence-corrected chi connectivity index (χ2v) is 5.89. The third-order valence-corrected chi connectivity index (χ3v) is 4.47. The van der Waals surface area contributed by atoms with Crippen LogP contribution in [0.25, 0.3) is 11.1 Å². The molecule has 3 rings (SSSR count). The summed E-state index contributed by atoms with van der Waals surface area (Å²) in [5.74, 6) is 0.155. The highest BCUT2D eigenvalue weighted by molar-refractivity contribution is 5.95. The summed E-state index contributed by atoms with van der Waals surface area (Å²) in [5, 5.41) is 4.40. The van der Waals surface area contributed by atoms with Gasteiger partial charge in [0.25, 0.3) is 5.91 Å². The molecule has 2 heterocycles. The fraction of sp³-hybridized carbons (Fsp3) is 0.444. The highest BCUT2D eigenvalue weighted by Gasteiger charge is 2.19. The minimum Gasteiger partial charge on any atom is -0.339 e. The number of aromatic nitrogens is 2. The molecule has 22 heavy (non-hydrogen) atoms. The van der Waals surface area contributed by atoms with E-state index in [2.05, 4.69) is 25.0 Å². The van der Waals surface area contributed by atoms with Gasteiger partial charge in [-0.2, -0.15) is 5.10 Å². The number of likely N-dealkylation sites (tertiary alicyclic amines) is 1. The SMILES string of the molecule is CCn1ncc(-c2cccc(C(=O)N3CCCCC3)c2)c1C. The van der Waals surface area contributed by atoms with Crippen LogP contribution in [0.5, 0.6) is 0 Å². The van der Waals surface area contributed by atoms with Crippen molar-refractivity contribution in [3.05, 3.63) is 41.7 Å². The van der Waals surface area contributed by atoms with Crippen LogP contribution in [0.4, 0.5) is 0 Å². The van der Waals surface area contributed by atoms with E-state index < -0.39 is 0 Å². The zero-order valence-electron chi connectivity index (χ0n) is 13.4. The Hall–Kier alpha value is -2.10. The summed E-state index contributed by atoms with van der Waals surface area (Å²) < 4.78 is 1.98. The first-order valence-electron chi connectivity index (χ1n) is 8.13. The number of aryl methyl sites for hydroxylation is 1. The largest absolute Gasteiger partial charge is 0.339 e. The van der Waals surface area contributed by atoms with E-state index >= 15 is 0 Å². The molecule has 0 N–H and O–H groups in total. The second kappa shape index (κ2) is 6.34. The minimum absolute atomic E-state index is 0.155. The second-order valence-electron chi connectivity index (χ2n) is 5.89.